The second-order valence-corrected chi connectivity index (χ2v) is 7.71. The molecule has 2 atom stereocenters. The number of imidazole rings is 1. The Hall–Kier alpha value is -0.740. The van der Waals surface area contributed by atoms with Crippen molar-refractivity contribution in [2.45, 2.75) is 38.5 Å². The Morgan fingerprint density at radius 1 is 1.35 bits per heavy atom. The predicted octanol–water partition coefficient (Wildman–Crippen LogP) is 4.72. The van der Waals surface area contributed by atoms with Crippen molar-refractivity contribution in [3.63, 3.8) is 0 Å². The molecule has 2 aromatic rings. The van der Waals surface area contributed by atoms with Crippen molar-refractivity contribution >= 4 is 38.6 Å². The van der Waals surface area contributed by atoms with Gasteiger partial charge in [0.25, 0.3) is 0 Å². The molecule has 108 valence electrons. The molecule has 0 radical (unpaired) electrons. The minimum Gasteiger partial charge on any atom is -0.306 e. The van der Waals surface area contributed by atoms with Gasteiger partial charge in [-0.3, -0.25) is 0 Å². The summed E-state index contributed by atoms with van der Waals surface area (Å²) in [6.07, 6.45) is 3.62. The van der Waals surface area contributed by atoms with Crippen molar-refractivity contribution in [2.75, 3.05) is 0 Å². The molecule has 2 unspecified atom stereocenters. The van der Waals surface area contributed by atoms with Crippen molar-refractivity contribution < 1.29 is 0 Å². The molecule has 20 heavy (non-hydrogen) atoms. The monoisotopic (exact) mass is 356 g/mol. The lowest BCUT2D eigenvalue weighted by atomic mass is 9.78. The molecule has 3 rings (SSSR count). The van der Waals surface area contributed by atoms with E-state index >= 15 is 0 Å². The van der Waals surface area contributed by atoms with Crippen LogP contribution in [0.5, 0.6) is 0 Å². The number of aromatic amines is 2. The Kier molecular flexibility index (Phi) is 3.49. The van der Waals surface area contributed by atoms with Gasteiger partial charge in [0.05, 0.1) is 16.4 Å². The summed E-state index contributed by atoms with van der Waals surface area (Å²) in [5.41, 5.74) is 2.77. The summed E-state index contributed by atoms with van der Waals surface area (Å²) in [5, 5.41) is -0.0373. The van der Waals surface area contributed by atoms with Crippen molar-refractivity contribution in [1.82, 2.24) is 9.97 Å². The number of fused-ring (bicyclic) bond motifs is 1. The number of nitrogens with one attached hydrogen (secondary N) is 2. The number of aromatic nitrogens is 2. The van der Waals surface area contributed by atoms with E-state index in [1.54, 1.807) is 0 Å². The molecular weight excluding hydrogens is 340 g/mol. The Morgan fingerprint density at radius 3 is 2.60 bits per heavy atom. The van der Waals surface area contributed by atoms with Crippen LogP contribution in [-0.4, -0.2) is 9.97 Å². The number of alkyl halides is 1. The van der Waals surface area contributed by atoms with Crippen LogP contribution in [-0.2, 0) is 0 Å². The summed E-state index contributed by atoms with van der Waals surface area (Å²) in [6, 6.07) is 3.92. The largest absolute Gasteiger partial charge is 0.323 e. The first-order valence-electron chi connectivity index (χ1n) is 6.94. The van der Waals surface area contributed by atoms with E-state index in [9.17, 15) is 4.79 Å². The summed E-state index contributed by atoms with van der Waals surface area (Å²) in [4.78, 5) is 16.9. The highest BCUT2D eigenvalue weighted by Crippen LogP contribution is 2.52. The Bertz CT molecular complexity index is 703. The second kappa shape index (κ2) is 4.92. The summed E-state index contributed by atoms with van der Waals surface area (Å²) >= 11 is 10.4. The molecule has 1 aliphatic carbocycles. The third-order valence-corrected chi connectivity index (χ3v) is 5.85. The number of H-pyrrole nitrogens is 2. The smallest absolute Gasteiger partial charge is 0.306 e. The van der Waals surface area contributed by atoms with E-state index in [1.807, 2.05) is 12.1 Å². The highest BCUT2D eigenvalue weighted by molar-refractivity contribution is 9.10. The fourth-order valence-corrected chi connectivity index (χ4v) is 4.77. The third kappa shape index (κ3) is 2.33. The average molecular weight is 358 g/mol. The van der Waals surface area contributed by atoms with E-state index in [0.29, 0.717) is 5.92 Å². The zero-order valence-electron chi connectivity index (χ0n) is 11.6. The van der Waals surface area contributed by atoms with Crippen LogP contribution in [0.3, 0.4) is 0 Å². The predicted molar refractivity (Wildman–Crippen MR) is 86.3 cm³/mol. The molecule has 0 amide bonds. The van der Waals surface area contributed by atoms with Crippen molar-refractivity contribution in [1.29, 1.82) is 0 Å². The second-order valence-electron chi connectivity index (χ2n) is 6.39. The molecule has 2 N–H and O–H groups in total. The van der Waals surface area contributed by atoms with Gasteiger partial charge in [-0.2, -0.15) is 0 Å². The van der Waals surface area contributed by atoms with Crippen LogP contribution < -0.4 is 5.69 Å². The fourth-order valence-electron chi connectivity index (χ4n) is 3.40. The van der Waals surface area contributed by atoms with E-state index in [4.69, 9.17) is 11.6 Å². The quantitative estimate of drug-likeness (QED) is 0.750. The third-order valence-electron chi connectivity index (χ3n) is 4.62. The number of rotatable bonds is 2. The standard InChI is InChI=1S/C15H18BrClN2O/c1-15(2)5-3-4-9(15)13(17)8-6-11-12(7-10(8)16)19-14(20)18-11/h6-7,9,13H,3-5H2,1-2H3,(H2,18,19,20). The van der Waals surface area contributed by atoms with Crippen LogP contribution in [0.15, 0.2) is 21.4 Å². The molecule has 0 saturated heterocycles. The SMILES string of the molecule is CC1(C)CCCC1C(Cl)c1cc2[nH]c(=O)[nH]c2cc1Br. The molecule has 1 fully saturated rings. The first-order chi connectivity index (χ1) is 9.38. The van der Waals surface area contributed by atoms with E-state index in [1.165, 1.54) is 12.8 Å². The lowest BCUT2D eigenvalue weighted by Crippen LogP contribution is -2.21. The summed E-state index contributed by atoms with van der Waals surface area (Å²) in [5.74, 6) is 0.462. The topological polar surface area (TPSA) is 48.6 Å². The summed E-state index contributed by atoms with van der Waals surface area (Å²) in [6.45, 7) is 4.59. The average Bonchev–Trinajstić information content (AvgIpc) is 2.88. The van der Waals surface area contributed by atoms with Crippen LogP contribution in [0, 0.1) is 11.3 Å². The lowest BCUT2D eigenvalue weighted by Gasteiger charge is -2.31. The van der Waals surface area contributed by atoms with Crippen LogP contribution in [0.2, 0.25) is 0 Å². The Morgan fingerprint density at radius 2 is 2.00 bits per heavy atom. The summed E-state index contributed by atoms with van der Waals surface area (Å²) < 4.78 is 0.961. The first kappa shape index (κ1) is 14.2. The van der Waals surface area contributed by atoms with Crippen molar-refractivity contribution in [3.05, 3.63) is 32.7 Å². The molecule has 0 aliphatic heterocycles. The van der Waals surface area contributed by atoms with Gasteiger partial charge in [-0.15, -0.1) is 11.6 Å². The maximum atomic E-state index is 11.4. The molecule has 1 saturated carbocycles. The molecular formula is C15H18BrClN2O. The van der Waals surface area contributed by atoms with Crippen LogP contribution in [0.4, 0.5) is 0 Å². The first-order valence-corrected chi connectivity index (χ1v) is 8.17. The molecule has 1 aliphatic rings. The number of halogens is 2. The maximum Gasteiger partial charge on any atom is 0.323 e. The van der Waals surface area contributed by atoms with Gasteiger partial charge < -0.3 is 9.97 Å². The minimum absolute atomic E-state index is 0.0373. The molecule has 3 nitrogen and oxygen atoms in total. The minimum atomic E-state index is -0.184. The molecule has 0 bridgehead atoms. The highest BCUT2D eigenvalue weighted by atomic mass is 79.9. The van der Waals surface area contributed by atoms with Gasteiger partial charge in [0, 0.05) is 4.47 Å². The lowest BCUT2D eigenvalue weighted by molar-refractivity contribution is 0.252. The zero-order valence-corrected chi connectivity index (χ0v) is 13.9. The van der Waals surface area contributed by atoms with Gasteiger partial charge >= 0.3 is 5.69 Å². The maximum absolute atomic E-state index is 11.4. The van der Waals surface area contributed by atoms with Gasteiger partial charge in [-0.25, -0.2) is 4.79 Å². The Balaban J connectivity index is 2.04. The van der Waals surface area contributed by atoms with Crippen LogP contribution >= 0.6 is 27.5 Å². The molecule has 1 aromatic carbocycles. The molecule has 1 heterocycles. The summed E-state index contributed by atoms with van der Waals surface area (Å²) in [7, 11) is 0. The van der Waals surface area contributed by atoms with Gasteiger partial charge in [0.15, 0.2) is 0 Å². The normalized spacial score (nSPS) is 23.3. The number of hydrogen-bond donors (Lipinski definition) is 2. The fraction of sp³-hybridized carbons (Fsp3) is 0.533. The van der Waals surface area contributed by atoms with E-state index in [0.717, 1.165) is 27.5 Å². The number of hydrogen-bond acceptors (Lipinski definition) is 1. The van der Waals surface area contributed by atoms with Crippen LogP contribution in [0.25, 0.3) is 11.0 Å². The van der Waals surface area contributed by atoms with Gasteiger partial charge in [-0.1, -0.05) is 36.2 Å². The van der Waals surface area contributed by atoms with E-state index in [2.05, 4.69) is 39.7 Å². The Labute approximate surface area is 131 Å². The number of benzene rings is 1. The van der Waals surface area contributed by atoms with Crippen molar-refractivity contribution in [2.24, 2.45) is 11.3 Å². The van der Waals surface area contributed by atoms with Gasteiger partial charge in [-0.05, 0) is 41.9 Å². The van der Waals surface area contributed by atoms with E-state index in [-0.39, 0.29) is 16.5 Å². The van der Waals surface area contributed by atoms with Crippen molar-refractivity contribution in [3.8, 4) is 0 Å². The highest BCUT2D eigenvalue weighted by Gasteiger charge is 2.40. The molecule has 5 heteroatoms. The van der Waals surface area contributed by atoms with Gasteiger partial charge in [0.1, 0.15) is 0 Å². The van der Waals surface area contributed by atoms with E-state index < -0.39 is 0 Å². The van der Waals surface area contributed by atoms with Gasteiger partial charge in [0.2, 0.25) is 0 Å². The molecule has 1 aromatic heterocycles. The van der Waals surface area contributed by atoms with Crippen LogP contribution in [0.1, 0.15) is 44.1 Å². The zero-order chi connectivity index (χ0) is 14.5. The molecule has 0 spiro atoms.